The van der Waals surface area contributed by atoms with Crippen molar-refractivity contribution < 1.29 is 18.3 Å². The van der Waals surface area contributed by atoms with Crippen LogP contribution in [0.15, 0.2) is 42.5 Å². The number of ether oxygens (including phenoxy) is 1. The van der Waals surface area contributed by atoms with Crippen molar-refractivity contribution in [1.29, 1.82) is 0 Å². The van der Waals surface area contributed by atoms with E-state index in [-0.39, 0.29) is 5.56 Å². The third kappa shape index (κ3) is 4.31. The van der Waals surface area contributed by atoms with Crippen LogP contribution >= 0.6 is 11.6 Å². The van der Waals surface area contributed by atoms with E-state index in [1.54, 1.807) is 11.0 Å². The third-order valence-corrected chi connectivity index (χ3v) is 4.66. The van der Waals surface area contributed by atoms with E-state index in [0.717, 1.165) is 6.07 Å². The van der Waals surface area contributed by atoms with Gasteiger partial charge < -0.3 is 9.64 Å². The van der Waals surface area contributed by atoms with Crippen LogP contribution in [0.2, 0.25) is 5.02 Å². The molecule has 1 aliphatic heterocycles. The molecule has 7 heteroatoms. The molecule has 0 aromatic heterocycles. The highest BCUT2D eigenvalue weighted by molar-refractivity contribution is 6.32. The van der Waals surface area contributed by atoms with E-state index in [4.69, 9.17) is 16.3 Å². The van der Waals surface area contributed by atoms with Gasteiger partial charge in [0, 0.05) is 32.7 Å². The van der Waals surface area contributed by atoms with Gasteiger partial charge in [-0.15, -0.1) is 0 Å². The number of hydrogen-bond donors (Lipinski definition) is 0. The fourth-order valence-electron chi connectivity index (χ4n) is 2.86. The largest absolute Gasteiger partial charge is 0.491 e. The lowest BCUT2D eigenvalue weighted by molar-refractivity contribution is 0.0615. The van der Waals surface area contributed by atoms with E-state index in [9.17, 15) is 13.6 Å². The van der Waals surface area contributed by atoms with E-state index >= 15 is 0 Å². The number of benzene rings is 2. The summed E-state index contributed by atoms with van der Waals surface area (Å²) in [7, 11) is 0. The second-order valence-electron chi connectivity index (χ2n) is 6.01. The minimum atomic E-state index is -1.09. The monoisotopic (exact) mass is 380 g/mol. The summed E-state index contributed by atoms with van der Waals surface area (Å²) in [5.41, 5.74) is -0.222. The average molecular weight is 381 g/mol. The summed E-state index contributed by atoms with van der Waals surface area (Å²) in [6.07, 6.45) is 0. The molecule has 0 unspecified atom stereocenters. The SMILES string of the molecule is O=C(c1cccc(F)c1F)N1CCN(CCOc2ccccc2Cl)CC1. The van der Waals surface area contributed by atoms with Gasteiger partial charge in [-0.25, -0.2) is 8.78 Å². The maximum atomic E-state index is 13.8. The Morgan fingerprint density at radius 3 is 2.50 bits per heavy atom. The highest BCUT2D eigenvalue weighted by Crippen LogP contribution is 2.23. The maximum absolute atomic E-state index is 13.8. The maximum Gasteiger partial charge on any atom is 0.257 e. The standard InChI is InChI=1S/C19H19ClF2N2O2/c20-15-5-1-2-7-17(15)26-13-12-23-8-10-24(11-9-23)19(25)14-4-3-6-16(21)18(14)22/h1-7H,8-13H2. The Morgan fingerprint density at radius 1 is 1.04 bits per heavy atom. The van der Waals surface area contributed by atoms with Crippen molar-refractivity contribution in [1.82, 2.24) is 9.80 Å². The summed E-state index contributed by atoms with van der Waals surface area (Å²) in [4.78, 5) is 16.1. The lowest BCUT2D eigenvalue weighted by Gasteiger charge is -2.34. The van der Waals surface area contributed by atoms with E-state index in [1.807, 2.05) is 18.2 Å². The second kappa shape index (κ2) is 8.47. The molecule has 0 N–H and O–H groups in total. The molecule has 4 nitrogen and oxygen atoms in total. The predicted molar refractivity (Wildman–Crippen MR) is 95.6 cm³/mol. The fraction of sp³-hybridized carbons (Fsp3) is 0.316. The first kappa shape index (κ1) is 18.6. The van der Waals surface area contributed by atoms with Crippen molar-refractivity contribution in [2.24, 2.45) is 0 Å². The molecule has 138 valence electrons. The average Bonchev–Trinajstić information content (AvgIpc) is 2.65. The Bertz CT molecular complexity index is 780. The second-order valence-corrected chi connectivity index (χ2v) is 6.42. The molecule has 0 radical (unpaired) electrons. The molecule has 0 atom stereocenters. The zero-order chi connectivity index (χ0) is 18.5. The molecule has 2 aromatic carbocycles. The summed E-state index contributed by atoms with van der Waals surface area (Å²) in [5, 5.41) is 0.569. The summed E-state index contributed by atoms with van der Waals surface area (Å²) < 4.78 is 32.7. The Hall–Kier alpha value is -2.18. The van der Waals surface area contributed by atoms with Gasteiger partial charge in [0.15, 0.2) is 11.6 Å². The van der Waals surface area contributed by atoms with Crippen LogP contribution in [0.5, 0.6) is 5.75 Å². The summed E-state index contributed by atoms with van der Waals surface area (Å²) in [6.45, 7) is 3.39. The van der Waals surface area contributed by atoms with Crippen LogP contribution in [0.1, 0.15) is 10.4 Å². The van der Waals surface area contributed by atoms with E-state index < -0.39 is 17.5 Å². The van der Waals surface area contributed by atoms with Gasteiger partial charge in [-0.1, -0.05) is 29.8 Å². The summed E-state index contributed by atoms with van der Waals surface area (Å²) >= 11 is 6.04. The number of carbonyl (C=O) groups excluding carboxylic acids is 1. The molecule has 0 spiro atoms. The molecule has 1 heterocycles. The summed E-state index contributed by atoms with van der Waals surface area (Å²) in [6, 6.07) is 10.9. The van der Waals surface area contributed by atoms with Crippen molar-refractivity contribution >= 4 is 17.5 Å². The number of halogens is 3. The number of carbonyl (C=O) groups is 1. The fourth-order valence-corrected chi connectivity index (χ4v) is 3.05. The van der Waals surface area contributed by atoms with Crippen LogP contribution in [-0.4, -0.2) is 55.0 Å². The van der Waals surface area contributed by atoms with Crippen LogP contribution < -0.4 is 4.74 Å². The normalized spacial score (nSPS) is 15.1. The van der Waals surface area contributed by atoms with Gasteiger partial charge in [-0.05, 0) is 24.3 Å². The predicted octanol–water partition coefficient (Wildman–Crippen LogP) is 3.46. The van der Waals surface area contributed by atoms with Gasteiger partial charge in [0.2, 0.25) is 0 Å². The van der Waals surface area contributed by atoms with E-state index in [0.29, 0.717) is 50.1 Å². The zero-order valence-electron chi connectivity index (χ0n) is 14.1. The number of hydrogen-bond acceptors (Lipinski definition) is 3. The third-order valence-electron chi connectivity index (χ3n) is 4.34. The van der Waals surface area contributed by atoms with Crippen molar-refractivity contribution in [3.63, 3.8) is 0 Å². The smallest absolute Gasteiger partial charge is 0.257 e. The molecule has 3 rings (SSSR count). The van der Waals surface area contributed by atoms with Crippen molar-refractivity contribution in [3.8, 4) is 5.75 Å². The van der Waals surface area contributed by atoms with Crippen LogP contribution in [0, 0.1) is 11.6 Å². The lowest BCUT2D eigenvalue weighted by atomic mass is 10.1. The minimum Gasteiger partial charge on any atom is -0.491 e. The molecule has 1 saturated heterocycles. The molecule has 0 saturated carbocycles. The highest BCUT2D eigenvalue weighted by atomic mass is 35.5. The zero-order valence-corrected chi connectivity index (χ0v) is 14.9. The Labute approximate surface area is 155 Å². The number of piperazine rings is 1. The lowest BCUT2D eigenvalue weighted by Crippen LogP contribution is -2.49. The molecular weight excluding hydrogens is 362 g/mol. The first-order valence-electron chi connectivity index (χ1n) is 8.39. The number of rotatable bonds is 5. The van der Waals surface area contributed by atoms with Gasteiger partial charge in [0.25, 0.3) is 5.91 Å². The van der Waals surface area contributed by atoms with Crippen molar-refractivity contribution in [2.75, 3.05) is 39.3 Å². The first-order chi connectivity index (χ1) is 12.6. The highest BCUT2D eigenvalue weighted by Gasteiger charge is 2.25. The molecule has 1 aliphatic rings. The van der Waals surface area contributed by atoms with E-state index in [2.05, 4.69) is 4.90 Å². The minimum absolute atomic E-state index is 0.222. The first-order valence-corrected chi connectivity index (χ1v) is 8.77. The number of para-hydroxylation sites is 1. The quantitative estimate of drug-likeness (QED) is 0.796. The molecule has 1 amide bonds. The molecule has 26 heavy (non-hydrogen) atoms. The molecule has 1 fully saturated rings. The van der Waals surface area contributed by atoms with Crippen LogP contribution in [0.3, 0.4) is 0 Å². The number of nitrogens with zero attached hydrogens (tertiary/aromatic N) is 2. The van der Waals surface area contributed by atoms with Crippen molar-refractivity contribution in [3.05, 3.63) is 64.7 Å². The van der Waals surface area contributed by atoms with Crippen molar-refractivity contribution in [2.45, 2.75) is 0 Å². The van der Waals surface area contributed by atoms with Gasteiger partial charge in [-0.3, -0.25) is 9.69 Å². The van der Waals surface area contributed by atoms with Gasteiger partial charge in [0.05, 0.1) is 10.6 Å². The van der Waals surface area contributed by atoms with Crippen LogP contribution in [0.4, 0.5) is 8.78 Å². The Morgan fingerprint density at radius 2 is 1.77 bits per heavy atom. The number of amides is 1. The van der Waals surface area contributed by atoms with Crippen LogP contribution in [-0.2, 0) is 0 Å². The van der Waals surface area contributed by atoms with Crippen LogP contribution in [0.25, 0.3) is 0 Å². The molecule has 0 bridgehead atoms. The van der Waals surface area contributed by atoms with E-state index in [1.165, 1.54) is 12.1 Å². The Balaban J connectivity index is 1.47. The molecule has 2 aromatic rings. The Kier molecular flexibility index (Phi) is 6.06. The van der Waals surface area contributed by atoms with Gasteiger partial charge >= 0.3 is 0 Å². The van der Waals surface area contributed by atoms with Gasteiger partial charge in [-0.2, -0.15) is 0 Å². The van der Waals surface area contributed by atoms with Gasteiger partial charge in [0.1, 0.15) is 12.4 Å². The topological polar surface area (TPSA) is 32.8 Å². The molecule has 0 aliphatic carbocycles. The molecular formula is C19H19ClF2N2O2. The summed E-state index contributed by atoms with van der Waals surface area (Å²) in [5.74, 6) is -1.93.